The summed E-state index contributed by atoms with van der Waals surface area (Å²) in [6.07, 6.45) is 0.275. The van der Waals surface area contributed by atoms with E-state index in [9.17, 15) is 5.11 Å². The van der Waals surface area contributed by atoms with Gasteiger partial charge in [0, 0.05) is 15.8 Å². The smallest absolute Gasteiger partial charge is 0.123 e. The van der Waals surface area contributed by atoms with Crippen molar-refractivity contribution in [3.63, 3.8) is 0 Å². The highest BCUT2D eigenvalue weighted by molar-refractivity contribution is 9.13. The summed E-state index contributed by atoms with van der Waals surface area (Å²) in [6.45, 7) is 4.16. The molecule has 3 rings (SSSR count). The summed E-state index contributed by atoms with van der Waals surface area (Å²) in [6, 6.07) is 7.90. The van der Waals surface area contributed by atoms with Gasteiger partial charge in [0.05, 0.1) is 3.79 Å². The van der Waals surface area contributed by atoms with E-state index < -0.39 is 6.10 Å². The minimum absolute atomic E-state index is 0.152. The first-order chi connectivity index (χ1) is 9.35. The maximum absolute atomic E-state index is 10.5. The first kappa shape index (κ1) is 14.6. The van der Waals surface area contributed by atoms with Gasteiger partial charge in [0.25, 0.3) is 0 Å². The number of aliphatic hydroxyl groups is 1. The van der Waals surface area contributed by atoms with Gasteiger partial charge in [-0.25, -0.2) is 0 Å². The molecule has 1 aliphatic rings. The van der Waals surface area contributed by atoms with Crippen LogP contribution < -0.4 is 4.74 Å². The van der Waals surface area contributed by atoms with E-state index in [4.69, 9.17) is 4.74 Å². The molecule has 0 amide bonds. The van der Waals surface area contributed by atoms with Gasteiger partial charge in [0.1, 0.15) is 17.5 Å². The number of halogens is 2. The maximum Gasteiger partial charge on any atom is 0.123 e. The van der Waals surface area contributed by atoms with Crippen LogP contribution in [0.15, 0.2) is 32.5 Å². The standard InChI is InChI=1S/C15H14Br2O2S/c1-15(2)7-9-5-8(3-4-11(9)19-15)13(18)12-6-10(16)14(17)20-12/h3-6,13,18H,7H2,1-2H3. The molecule has 0 radical (unpaired) electrons. The topological polar surface area (TPSA) is 29.5 Å². The Bertz CT molecular complexity index is 644. The molecule has 1 aliphatic heterocycles. The predicted molar refractivity (Wildman–Crippen MR) is 88.6 cm³/mol. The van der Waals surface area contributed by atoms with Crippen LogP contribution in [-0.2, 0) is 6.42 Å². The maximum atomic E-state index is 10.5. The monoisotopic (exact) mass is 416 g/mol. The molecule has 106 valence electrons. The van der Waals surface area contributed by atoms with Crippen LogP contribution in [0.2, 0.25) is 0 Å². The van der Waals surface area contributed by atoms with Gasteiger partial charge >= 0.3 is 0 Å². The lowest BCUT2D eigenvalue weighted by atomic mass is 9.98. The van der Waals surface area contributed by atoms with Crippen LogP contribution in [0.25, 0.3) is 0 Å². The summed E-state index contributed by atoms with van der Waals surface area (Å²) >= 11 is 8.45. The van der Waals surface area contributed by atoms with Crippen LogP contribution in [0.4, 0.5) is 0 Å². The fraction of sp³-hybridized carbons (Fsp3) is 0.333. The Balaban J connectivity index is 1.92. The third-order valence-electron chi connectivity index (χ3n) is 3.34. The summed E-state index contributed by atoms with van der Waals surface area (Å²) in [5.74, 6) is 0.930. The lowest BCUT2D eigenvalue weighted by molar-refractivity contribution is 0.138. The molecule has 0 fully saturated rings. The molecule has 1 unspecified atom stereocenters. The van der Waals surface area contributed by atoms with Crippen molar-refractivity contribution in [2.75, 3.05) is 0 Å². The minimum atomic E-state index is -0.600. The third-order valence-corrected chi connectivity index (χ3v) is 6.65. The Kier molecular flexibility index (Phi) is 3.73. The number of thiophene rings is 1. The summed E-state index contributed by atoms with van der Waals surface area (Å²) in [5.41, 5.74) is 1.92. The average Bonchev–Trinajstić information content (AvgIpc) is 2.86. The Morgan fingerprint density at radius 1 is 1.30 bits per heavy atom. The van der Waals surface area contributed by atoms with Crippen molar-refractivity contribution in [1.29, 1.82) is 0 Å². The number of rotatable bonds is 2. The molecule has 5 heteroatoms. The second-order valence-corrected chi connectivity index (χ2v) is 8.83. The third kappa shape index (κ3) is 2.69. The van der Waals surface area contributed by atoms with E-state index in [1.54, 1.807) is 0 Å². The molecule has 1 N–H and O–H groups in total. The number of fused-ring (bicyclic) bond motifs is 1. The summed E-state index contributed by atoms with van der Waals surface area (Å²) in [7, 11) is 0. The van der Waals surface area contributed by atoms with Gasteiger partial charge < -0.3 is 9.84 Å². The molecule has 20 heavy (non-hydrogen) atoms. The van der Waals surface area contributed by atoms with Gasteiger partial charge in [-0.05, 0) is 75.0 Å². The van der Waals surface area contributed by atoms with Gasteiger partial charge in [-0.15, -0.1) is 11.3 Å². The highest BCUT2D eigenvalue weighted by Crippen LogP contribution is 2.40. The zero-order valence-electron chi connectivity index (χ0n) is 11.1. The number of aliphatic hydroxyl groups excluding tert-OH is 1. The van der Waals surface area contributed by atoms with Crippen LogP contribution >= 0.6 is 43.2 Å². The molecule has 0 spiro atoms. The lowest BCUT2D eigenvalue weighted by Gasteiger charge is -2.16. The SMILES string of the molecule is CC1(C)Cc2cc(C(O)c3cc(Br)c(Br)s3)ccc2O1. The van der Waals surface area contributed by atoms with Crippen molar-refractivity contribution < 1.29 is 9.84 Å². The highest BCUT2D eigenvalue weighted by Gasteiger charge is 2.30. The first-order valence-corrected chi connectivity index (χ1v) is 8.70. The molecule has 2 aromatic rings. The van der Waals surface area contributed by atoms with Crippen LogP contribution in [0.1, 0.15) is 36.0 Å². The quantitative estimate of drug-likeness (QED) is 0.739. The first-order valence-electron chi connectivity index (χ1n) is 6.30. The average molecular weight is 418 g/mol. The zero-order chi connectivity index (χ0) is 14.5. The molecular formula is C15H14Br2O2S. The Hall–Kier alpha value is -0.360. The summed E-state index contributed by atoms with van der Waals surface area (Å²) < 4.78 is 7.84. The molecule has 1 atom stereocenters. The number of hydrogen-bond acceptors (Lipinski definition) is 3. The second-order valence-electron chi connectivity index (χ2n) is 5.58. The molecular weight excluding hydrogens is 404 g/mol. The fourth-order valence-electron chi connectivity index (χ4n) is 2.46. The largest absolute Gasteiger partial charge is 0.487 e. The molecule has 1 aromatic heterocycles. The van der Waals surface area contributed by atoms with Crippen molar-refractivity contribution >= 4 is 43.2 Å². The van der Waals surface area contributed by atoms with Crippen LogP contribution in [0.3, 0.4) is 0 Å². The van der Waals surface area contributed by atoms with E-state index in [1.807, 2.05) is 18.2 Å². The summed E-state index contributed by atoms with van der Waals surface area (Å²) in [5, 5.41) is 10.5. The van der Waals surface area contributed by atoms with Crippen molar-refractivity contribution in [3.8, 4) is 5.75 Å². The molecule has 0 aliphatic carbocycles. The number of ether oxygens (including phenoxy) is 1. The van der Waals surface area contributed by atoms with Crippen LogP contribution in [0.5, 0.6) is 5.75 Å². The van der Waals surface area contributed by atoms with Crippen molar-refractivity contribution in [3.05, 3.63) is 48.5 Å². The van der Waals surface area contributed by atoms with E-state index in [1.165, 1.54) is 16.9 Å². The lowest BCUT2D eigenvalue weighted by Crippen LogP contribution is -2.24. The minimum Gasteiger partial charge on any atom is -0.487 e. The predicted octanol–water partition coefficient (Wildman–Crippen LogP) is 5.07. The molecule has 0 saturated carbocycles. The van der Waals surface area contributed by atoms with Crippen molar-refractivity contribution in [1.82, 2.24) is 0 Å². The molecule has 1 aromatic carbocycles. The van der Waals surface area contributed by atoms with Gasteiger partial charge in [0.2, 0.25) is 0 Å². The normalized spacial score (nSPS) is 17.6. The molecule has 0 saturated heterocycles. The van der Waals surface area contributed by atoms with Crippen molar-refractivity contribution in [2.24, 2.45) is 0 Å². The molecule has 2 heterocycles. The molecule has 2 nitrogen and oxygen atoms in total. The zero-order valence-corrected chi connectivity index (χ0v) is 15.1. The Morgan fingerprint density at radius 2 is 2.05 bits per heavy atom. The Morgan fingerprint density at radius 3 is 2.70 bits per heavy atom. The van der Waals surface area contributed by atoms with E-state index in [-0.39, 0.29) is 5.60 Å². The Labute approximate surface area is 139 Å². The van der Waals surface area contributed by atoms with Crippen LogP contribution in [0, 0.1) is 0 Å². The van der Waals surface area contributed by atoms with E-state index in [2.05, 4.69) is 51.8 Å². The number of hydrogen-bond donors (Lipinski definition) is 1. The van der Waals surface area contributed by atoms with Crippen molar-refractivity contribution in [2.45, 2.75) is 32.0 Å². The van der Waals surface area contributed by atoms with E-state index >= 15 is 0 Å². The number of benzene rings is 1. The van der Waals surface area contributed by atoms with E-state index in [0.717, 1.165) is 30.9 Å². The van der Waals surface area contributed by atoms with Crippen LogP contribution in [-0.4, -0.2) is 10.7 Å². The highest BCUT2D eigenvalue weighted by atomic mass is 79.9. The second kappa shape index (κ2) is 5.13. The van der Waals surface area contributed by atoms with Gasteiger partial charge in [-0.1, -0.05) is 6.07 Å². The molecule has 0 bridgehead atoms. The van der Waals surface area contributed by atoms with Gasteiger partial charge in [0.15, 0.2) is 0 Å². The van der Waals surface area contributed by atoms with Gasteiger partial charge in [-0.2, -0.15) is 0 Å². The van der Waals surface area contributed by atoms with Gasteiger partial charge in [-0.3, -0.25) is 0 Å². The summed E-state index contributed by atoms with van der Waals surface area (Å²) in [4.78, 5) is 0.918. The van der Waals surface area contributed by atoms with E-state index in [0.29, 0.717) is 0 Å². The fourth-order valence-corrected chi connectivity index (χ4v) is 4.57.